The van der Waals surface area contributed by atoms with Crippen molar-refractivity contribution in [2.24, 2.45) is 0 Å². The molecule has 0 atom stereocenters. The molecule has 0 fully saturated rings. The van der Waals surface area contributed by atoms with Crippen LogP contribution in [0, 0.1) is 0 Å². The Hall–Kier alpha value is -2.24. The number of nitrogens with one attached hydrogen (secondary N) is 1. The Balaban J connectivity index is 2.29. The molecule has 0 bridgehead atoms. The van der Waals surface area contributed by atoms with Gasteiger partial charge in [-0.05, 0) is 30.3 Å². The average Bonchev–Trinajstić information content (AvgIpc) is 2.39. The molecule has 100 valence electrons. The van der Waals surface area contributed by atoms with E-state index in [0.717, 1.165) is 12.1 Å². The molecule has 0 aliphatic rings. The number of anilines is 1. The highest BCUT2D eigenvalue weighted by Crippen LogP contribution is 2.33. The van der Waals surface area contributed by atoms with Crippen molar-refractivity contribution in [3.8, 4) is 11.6 Å². The SMILES string of the molecule is CNc1cccnc1Oc1cccc(C(F)(F)F)c1. The number of alkyl halides is 3. The van der Waals surface area contributed by atoms with E-state index in [2.05, 4.69) is 10.3 Å². The van der Waals surface area contributed by atoms with Crippen LogP contribution in [-0.4, -0.2) is 12.0 Å². The number of rotatable bonds is 3. The lowest BCUT2D eigenvalue weighted by molar-refractivity contribution is -0.137. The summed E-state index contributed by atoms with van der Waals surface area (Å²) in [5.74, 6) is 0.314. The van der Waals surface area contributed by atoms with Crippen LogP contribution < -0.4 is 10.1 Å². The van der Waals surface area contributed by atoms with Crippen LogP contribution in [0.3, 0.4) is 0 Å². The van der Waals surface area contributed by atoms with Crippen molar-refractivity contribution in [3.63, 3.8) is 0 Å². The molecule has 0 aliphatic carbocycles. The van der Waals surface area contributed by atoms with Gasteiger partial charge < -0.3 is 10.1 Å². The third-order valence-electron chi connectivity index (χ3n) is 2.42. The normalized spacial score (nSPS) is 11.2. The average molecular weight is 268 g/mol. The second-order valence-corrected chi connectivity index (χ2v) is 3.73. The Labute approximate surface area is 108 Å². The van der Waals surface area contributed by atoms with Crippen molar-refractivity contribution in [2.75, 3.05) is 12.4 Å². The lowest BCUT2D eigenvalue weighted by atomic mass is 10.2. The van der Waals surface area contributed by atoms with Crippen molar-refractivity contribution >= 4 is 5.69 Å². The quantitative estimate of drug-likeness (QED) is 0.915. The van der Waals surface area contributed by atoms with Crippen LogP contribution in [0.15, 0.2) is 42.6 Å². The zero-order chi connectivity index (χ0) is 13.9. The molecule has 19 heavy (non-hydrogen) atoms. The van der Waals surface area contributed by atoms with Crippen molar-refractivity contribution in [1.29, 1.82) is 0 Å². The lowest BCUT2D eigenvalue weighted by Crippen LogP contribution is -2.04. The van der Waals surface area contributed by atoms with Gasteiger partial charge in [0.1, 0.15) is 5.75 Å². The van der Waals surface area contributed by atoms with Gasteiger partial charge in [-0.3, -0.25) is 0 Å². The molecular weight excluding hydrogens is 257 g/mol. The Morgan fingerprint density at radius 2 is 1.95 bits per heavy atom. The fourth-order valence-corrected chi connectivity index (χ4v) is 1.51. The van der Waals surface area contributed by atoms with Gasteiger partial charge in [-0.15, -0.1) is 0 Å². The van der Waals surface area contributed by atoms with Gasteiger partial charge in [-0.2, -0.15) is 13.2 Å². The maximum Gasteiger partial charge on any atom is 0.416 e. The predicted octanol–water partition coefficient (Wildman–Crippen LogP) is 3.93. The van der Waals surface area contributed by atoms with Gasteiger partial charge in [0.05, 0.1) is 11.3 Å². The number of nitrogens with zero attached hydrogens (tertiary/aromatic N) is 1. The van der Waals surface area contributed by atoms with E-state index in [9.17, 15) is 13.2 Å². The molecule has 2 rings (SSSR count). The van der Waals surface area contributed by atoms with Gasteiger partial charge in [-0.25, -0.2) is 4.98 Å². The second-order valence-electron chi connectivity index (χ2n) is 3.73. The fourth-order valence-electron chi connectivity index (χ4n) is 1.51. The number of pyridine rings is 1. The van der Waals surface area contributed by atoms with Gasteiger partial charge in [-0.1, -0.05) is 6.07 Å². The highest BCUT2D eigenvalue weighted by atomic mass is 19.4. The van der Waals surface area contributed by atoms with E-state index in [1.165, 1.54) is 18.3 Å². The molecule has 0 saturated heterocycles. The number of ether oxygens (including phenoxy) is 1. The van der Waals surface area contributed by atoms with Crippen LogP contribution in [0.1, 0.15) is 5.56 Å². The summed E-state index contributed by atoms with van der Waals surface area (Å²) in [6.07, 6.45) is -2.89. The van der Waals surface area contributed by atoms with Crippen LogP contribution >= 0.6 is 0 Å². The van der Waals surface area contributed by atoms with Crippen molar-refractivity contribution in [2.45, 2.75) is 6.18 Å². The number of hydrogen-bond donors (Lipinski definition) is 1. The summed E-state index contributed by atoms with van der Waals surface area (Å²) in [6.45, 7) is 0. The van der Waals surface area contributed by atoms with Crippen molar-refractivity contribution in [1.82, 2.24) is 4.98 Å². The van der Waals surface area contributed by atoms with Gasteiger partial charge >= 0.3 is 6.18 Å². The number of benzene rings is 1. The summed E-state index contributed by atoms with van der Waals surface area (Å²) in [5.41, 5.74) is -0.160. The highest BCUT2D eigenvalue weighted by molar-refractivity contribution is 5.53. The zero-order valence-corrected chi connectivity index (χ0v) is 10.0. The van der Waals surface area contributed by atoms with E-state index in [1.54, 1.807) is 19.2 Å². The maximum absolute atomic E-state index is 12.6. The minimum Gasteiger partial charge on any atom is -0.437 e. The van der Waals surface area contributed by atoms with Crippen LogP contribution in [-0.2, 0) is 6.18 Å². The second kappa shape index (κ2) is 5.17. The largest absolute Gasteiger partial charge is 0.437 e. The topological polar surface area (TPSA) is 34.2 Å². The zero-order valence-electron chi connectivity index (χ0n) is 10.0. The Morgan fingerprint density at radius 1 is 1.16 bits per heavy atom. The summed E-state index contributed by atoms with van der Waals surface area (Å²) in [7, 11) is 1.68. The smallest absolute Gasteiger partial charge is 0.416 e. The van der Waals surface area contributed by atoms with E-state index < -0.39 is 11.7 Å². The van der Waals surface area contributed by atoms with Gasteiger partial charge in [0.25, 0.3) is 0 Å². The first-order chi connectivity index (χ1) is 9.00. The molecule has 0 radical (unpaired) electrons. The molecule has 1 N–H and O–H groups in total. The maximum atomic E-state index is 12.6. The third-order valence-corrected chi connectivity index (χ3v) is 2.42. The molecule has 0 spiro atoms. The van der Waals surface area contributed by atoms with Crippen LogP contribution in [0.25, 0.3) is 0 Å². The molecule has 3 nitrogen and oxygen atoms in total. The molecule has 0 unspecified atom stereocenters. The summed E-state index contributed by atoms with van der Waals surface area (Å²) >= 11 is 0. The lowest BCUT2D eigenvalue weighted by Gasteiger charge is -2.11. The minimum absolute atomic E-state index is 0.0880. The first kappa shape index (κ1) is 13.2. The molecule has 6 heteroatoms. The third kappa shape index (κ3) is 3.15. The molecule has 0 amide bonds. The standard InChI is InChI=1S/C13H11F3N2O/c1-17-11-6-3-7-18-12(11)19-10-5-2-4-9(8-10)13(14,15)16/h2-8,17H,1H3. The fraction of sp³-hybridized carbons (Fsp3) is 0.154. The van der Waals surface area contributed by atoms with Gasteiger partial charge in [0, 0.05) is 13.2 Å². The minimum atomic E-state index is -4.39. The van der Waals surface area contributed by atoms with E-state index in [0.29, 0.717) is 5.69 Å². The van der Waals surface area contributed by atoms with E-state index in [1.807, 2.05) is 0 Å². The monoisotopic (exact) mass is 268 g/mol. The Morgan fingerprint density at radius 3 is 2.63 bits per heavy atom. The van der Waals surface area contributed by atoms with Crippen LogP contribution in [0.2, 0.25) is 0 Å². The van der Waals surface area contributed by atoms with E-state index in [4.69, 9.17) is 4.74 Å². The number of hydrogen-bond acceptors (Lipinski definition) is 3. The van der Waals surface area contributed by atoms with Crippen molar-refractivity contribution < 1.29 is 17.9 Å². The molecular formula is C13H11F3N2O. The van der Waals surface area contributed by atoms with Gasteiger partial charge in [0.2, 0.25) is 5.88 Å². The molecule has 1 aromatic carbocycles. The van der Waals surface area contributed by atoms with E-state index >= 15 is 0 Å². The predicted molar refractivity (Wildman–Crippen MR) is 65.3 cm³/mol. The first-order valence-electron chi connectivity index (χ1n) is 5.48. The van der Waals surface area contributed by atoms with Crippen LogP contribution in [0.5, 0.6) is 11.6 Å². The summed E-state index contributed by atoms with van der Waals surface area (Å²) in [5, 5.41) is 2.85. The summed E-state index contributed by atoms with van der Waals surface area (Å²) < 4.78 is 43.1. The van der Waals surface area contributed by atoms with E-state index in [-0.39, 0.29) is 11.6 Å². The summed E-state index contributed by atoms with van der Waals surface area (Å²) in [4.78, 5) is 3.97. The molecule has 2 aromatic rings. The first-order valence-corrected chi connectivity index (χ1v) is 5.48. The van der Waals surface area contributed by atoms with Gasteiger partial charge in [0.15, 0.2) is 0 Å². The molecule has 0 aliphatic heterocycles. The van der Waals surface area contributed by atoms with Crippen molar-refractivity contribution in [3.05, 3.63) is 48.2 Å². The molecule has 0 saturated carbocycles. The Bertz CT molecular complexity index is 570. The Kier molecular flexibility index (Phi) is 3.59. The highest BCUT2D eigenvalue weighted by Gasteiger charge is 2.30. The summed E-state index contributed by atoms with van der Waals surface area (Å²) in [6, 6.07) is 8.09. The molecule has 1 aromatic heterocycles. The van der Waals surface area contributed by atoms with Crippen LogP contribution in [0.4, 0.5) is 18.9 Å². The molecule has 1 heterocycles. The number of aromatic nitrogens is 1. The number of halogens is 3.